The van der Waals surface area contributed by atoms with Crippen molar-refractivity contribution in [1.82, 2.24) is 30.4 Å². The number of carbonyl (C=O) groups is 3. The van der Waals surface area contributed by atoms with Gasteiger partial charge in [-0.3, -0.25) is 40.0 Å². The van der Waals surface area contributed by atoms with Crippen LogP contribution in [-0.4, -0.2) is 85.9 Å². The van der Waals surface area contributed by atoms with Crippen LogP contribution in [0.15, 0.2) is 83.0 Å². The average Bonchev–Trinajstić information content (AvgIpc) is 3.52. The van der Waals surface area contributed by atoms with Crippen LogP contribution in [0.4, 0.5) is 4.79 Å². The molecule has 1 saturated heterocycles. The summed E-state index contributed by atoms with van der Waals surface area (Å²) in [4.78, 5) is 59.1. The molecule has 13 nitrogen and oxygen atoms in total. The zero-order valence-electron chi connectivity index (χ0n) is 42.6. The molecule has 0 saturated carbocycles. The van der Waals surface area contributed by atoms with Gasteiger partial charge in [-0.25, -0.2) is 14.8 Å². The minimum atomic E-state index is -0.821. The van der Waals surface area contributed by atoms with Crippen molar-refractivity contribution >= 4 is 64.6 Å². The summed E-state index contributed by atoms with van der Waals surface area (Å²) in [6.45, 7) is 19.8. The third-order valence-electron chi connectivity index (χ3n) is 13.6. The summed E-state index contributed by atoms with van der Waals surface area (Å²) in [6.07, 6.45) is 10.4. The number of hydrogen-bond donors (Lipinski definition) is 3. The van der Waals surface area contributed by atoms with Crippen molar-refractivity contribution in [2.75, 3.05) is 19.6 Å². The van der Waals surface area contributed by atoms with Gasteiger partial charge in [0.05, 0.1) is 17.4 Å². The number of piperidine rings is 1. The van der Waals surface area contributed by atoms with Crippen molar-refractivity contribution in [2.45, 2.75) is 142 Å². The number of alkyl halides is 1. The maximum absolute atomic E-state index is 13.2. The number of benzene rings is 2. The number of ether oxygens (including phenoxy) is 1. The number of amides is 3. The number of pyridine rings is 2. The Morgan fingerprint density at radius 2 is 1.34 bits per heavy atom. The monoisotopic (exact) mass is 1030 g/mol. The second-order valence-corrected chi connectivity index (χ2v) is 23.0. The van der Waals surface area contributed by atoms with E-state index < -0.39 is 22.8 Å². The van der Waals surface area contributed by atoms with Crippen molar-refractivity contribution in [2.24, 2.45) is 33.5 Å². The highest BCUT2D eigenvalue weighted by Gasteiger charge is 2.45. The van der Waals surface area contributed by atoms with Gasteiger partial charge in [-0.15, -0.1) is 11.6 Å². The minimum Gasteiger partial charge on any atom is -0.444 e. The number of halogens is 3. The van der Waals surface area contributed by atoms with Gasteiger partial charge in [0, 0.05) is 29.0 Å². The number of fused-ring (bicyclic) bond motifs is 4. The lowest BCUT2D eigenvalue weighted by molar-refractivity contribution is -0.131. The lowest BCUT2D eigenvalue weighted by Crippen LogP contribution is -2.47. The number of hydrogen-bond acceptors (Lipinski definition) is 10. The number of aliphatic imine (C=N–C) groups is 2. The highest BCUT2D eigenvalue weighted by molar-refractivity contribution is 6.31. The van der Waals surface area contributed by atoms with E-state index in [9.17, 15) is 14.4 Å². The van der Waals surface area contributed by atoms with Crippen LogP contribution in [0, 0.1) is 17.8 Å². The first-order valence-corrected chi connectivity index (χ1v) is 26.1. The molecule has 4 aromatic rings. The van der Waals surface area contributed by atoms with E-state index in [1.54, 1.807) is 38.8 Å². The lowest BCUT2D eigenvalue weighted by Gasteiger charge is -2.39. The van der Waals surface area contributed by atoms with E-state index in [0.29, 0.717) is 36.7 Å². The Hall–Kier alpha value is -5.08. The van der Waals surface area contributed by atoms with Crippen molar-refractivity contribution in [1.29, 1.82) is 0 Å². The summed E-state index contributed by atoms with van der Waals surface area (Å²) in [7, 11) is 0. The Bertz CT molecular complexity index is 2660. The van der Waals surface area contributed by atoms with Crippen molar-refractivity contribution in [3.8, 4) is 0 Å². The van der Waals surface area contributed by atoms with Gasteiger partial charge >= 0.3 is 6.09 Å². The highest BCUT2D eigenvalue weighted by Crippen LogP contribution is 2.40. The Morgan fingerprint density at radius 3 is 1.93 bits per heavy atom. The van der Waals surface area contributed by atoms with E-state index in [4.69, 9.17) is 50.3 Å². The molecule has 4 atom stereocenters. The first-order valence-electron chi connectivity index (χ1n) is 24.9. The van der Waals surface area contributed by atoms with Gasteiger partial charge in [0.25, 0.3) is 11.8 Å². The van der Waals surface area contributed by atoms with Crippen LogP contribution in [0.3, 0.4) is 0 Å². The average molecular weight is 1030 g/mol. The molecular weight excluding hydrogens is 957 g/mol. The number of carbonyl (C=O) groups excluding carboxylic acids is 3. The molecule has 4 N–H and O–H groups in total. The molecule has 4 unspecified atom stereocenters. The van der Waals surface area contributed by atoms with E-state index in [-0.39, 0.29) is 29.2 Å². The molecule has 71 heavy (non-hydrogen) atoms. The van der Waals surface area contributed by atoms with Crippen LogP contribution in [-0.2, 0) is 40.0 Å². The third kappa shape index (κ3) is 13.1. The minimum absolute atomic E-state index is 0.0545. The van der Waals surface area contributed by atoms with E-state index in [1.807, 2.05) is 63.4 Å². The molecule has 0 radical (unpaired) electrons. The number of nitrogens with two attached hydrogens (primary N) is 1. The Balaban J connectivity index is 0.000000173. The van der Waals surface area contributed by atoms with Gasteiger partial charge in [-0.2, -0.15) is 0 Å². The maximum atomic E-state index is 13.2. The van der Waals surface area contributed by atoms with Crippen LogP contribution < -0.4 is 16.4 Å². The summed E-state index contributed by atoms with van der Waals surface area (Å²) >= 11 is 18.9. The zero-order valence-corrected chi connectivity index (χ0v) is 44.9. The third-order valence-corrected chi connectivity index (χ3v) is 14.5. The largest absolute Gasteiger partial charge is 0.444 e. The Labute approximate surface area is 434 Å². The number of nitrogens with one attached hydrogen (secondary N) is 2. The van der Waals surface area contributed by atoms with Crippen molar-refractivity contribution in [3.05, 3.63) is 128 Å². The number of likely N-dealkylation sites (tertiary alicyclic amines) is 1. The van der Waals surface area contributed by atoms with Crippen molar-refractivity contribution < 1.29 is 19.1 Å². The predicted octanol–water partition coefficient (Wildman–Crippen LogP) is 10.6. The summed E-state index contributed by atoms with van der Waals surface area (Å²) < 4.78 is 5.10. The van der Waals surface area contributed by atoms with Gasteiger partial charge in [-0.1, -0.05) is 75.2 Å². The van der Waals surface area contributed by atoms with Crippen LogP contribution in [0.5, 0.6) is 0 Å². The lowest BCUT2D eigenvalue weighted by atomic mass is 9.89. The van der Waals surface area contributed by atoms with E-state index in [1.165, 1.54) is 33.5 Å². The van der Waals surface area contributed by atoms with Crippen molar-refractivity contribution in [3.63, 3.8) is 0 Å². The SMILES string of the molecule is CC(C)CC1(C)N=C(N)N(CC2CCN(C3c4ccc(Cl)cc4CCc4cccnc43)CC2)C1=O.CC(C)CC1(C)N=C(NC(=O)OC(C)(C)C)NC1=O.Clc1ccc2c(c1)CCc1cccnc1C2Cl. The molecule has 3 aliphatic heterocycles. The topological polar surface area (TPSA) is 168 Å². The summed E-state index contributed by atoms with van der Waals surface area (Å²) in [6, 6.07) is 20.7. The normalized spacial score (nSPS) is 23.0. The molecule has 5 heterocycles. The molecule has 0 spiro atoms. The quantitative estimate of drug-likeness (QED) is 0.154. The molecule has 16 heteroatoms. The fourth-order valence-corrected chi connectivity index (χ4v) is 11.4. The molecule has 380 valence electrons. The van der Waals surface area contributed by atoms with Crippen LogP contribution >= 0.6 is 34.8 Å². The van der Waals surface area contributed by atoms with Gasteiger partial charge in [0.15, 0.2) is 5.96 Å². The fourth-order valence-electron chi connectivity index (χ4n) is 10.6. The molecule has 5 aliphatic rings. The molecule has 2 aromatic carbocycles. The summed E-state index contributed by atoms with van der Waals surface area (Å²) in [5.41, 5.74) is 13.8. The van der Waals surface area contributed by atoms with Gasteiger partial charge < -0.3 is 10.5 Å². The van der Waals surface area contributed by atoms with E-state index in [0.717, 1.165) is 79.3 Å². The second-order valence-electron chi connectivity index (χ2n) is 21.7. The summed E-state index contributed by atoms with van der Waals surface area (Å²) in [5.74, 6) is 1.52. The second kappa shape index (κ2) is 22.4. The predicted molar refractivity (Wildman–Crippen MR) is 284 cm³/mol. The molecule has 0 bridgehead atoms. The number of nitrogens with zero attached hydrogens (tertiary/aromatic N) is 6. The Morgan fingerprint density at radius 1 is 0.803 bits per heavy atom. The van der Waals surface area contributed by atoms with E-state index in [2.05, 4.69) is 68.6 Å². The van der Waals surface area contributed by atoms with Gasteiger partial charge in [0.1, 0.15) is 22.1 Å². The maximum Gasteiger partial charge on any atom is 0.414 e. The van der Waals surface area contributed by atoms with Gasteiger partial charge in [0.2, 0.25) is 5.96 Å². The smallest absolute Gasteiger partial charge is 0.414 e. The van der Waals surface area contributed by atoms with Gasteiger partial charge in [-0.05, 0) is 187 Å². The first kappa shape index (κ1) is 53.7. The number of rotatable bonds is 7. The number of alkyl carbamates (subject to hydrolysis) is 1. The zero-order chi connectivity index (χ0) is 51.4. The molecule has 1 fully saturated rings. The van der Waals surface area contributed by atoms with Crippen LogP contribution in [0.1, 0.15) is 144 Å². The first-order chi connectivity index (χ1) is 33.5. The Kier molecular flexibility index (Phi) is 16.9. The standard InChI is InChI=1S/C28H36ClN5O.C14H11Cl2N.C13H23N3O3/c1-18(2)16-28(3)26(35)34(27(30)32-28)17-19-10-13-33(14-11-19)25-23-9-8-22(29)15-21(23)7-6-20-5-4-12-31-24(20)25;15-11-5-6-12-10(8-11)4-3-9-2-1-7-17-14(9)13(12)16;1-8(2)7-13(6)9(17)14-10(16-13)15-11(18)19-12(3,4)5/h4-5,8-9,12,15,18-19,25H,6-7,10-11,13-14,16-17H2,1-3H3,(H2,30,32);1-2,5-8,13H,3-4H2;8H,7H2,1-6H3,(H2,14,15,16,17,18). The number of aryl methyl sites for hydroxylation is 4. The molecular formula is C55H70Cl3N9O4. The molecule has 2 aromatic heterocycles. The fraction of sp³-hybridized carbons (Fsp3) is 0.509. The highest BCUT2D eigenvalue weighted by atomic mass is 35.5. The molecule has 2 aliphatic carbocycles. The number of guanidine groups is 2. The van der Waals surface area contributed by atoms with Crippen LogP contribution in [0.25, 0.3) is 0 Å². The molecule has 3 amide bonds. The van der Waals surface area contributed by atoms with Crippen LogP contribution in [0.2, 0.25) is 10.0 Å². The number of aromatic nitrogens is 2. The molecule has 9 rings (SSSR count). The van der Waals surface area contributed by atoms with E-state index >= 15 is 0 Å². The summed E-state index contributed by atoms with van der Waals surface area (Å²) in [5, 5.41) is 6.41.